The molecule has 7 heteroatoms. The van der Waals surface area contributed by atoms with Crippen LogP contribution in [0.25, 0.3) is 0 Å². The summed E-state index contributed by atoms with van der Waals surface area (Å²) >= 11 is 0. The minimum atomic E-state index is -1.10. The van der Waals surface area contributed by atoms with Crippen LogP contribution in [0.3, 0.4) is 0 Å². The molecule has 7 nitrogen and oxygen atoms in total. The van der Waals surface area contributed by atoms with E-state index >= 15 is 0 Å². The fourth-order valence-corrected chi connectivity index (χ4v) is 3.01. The van der Waals surface area contributed by atoms with Gasteiger partial charge in [0.1, 0.15) is 11.3 Å². The molecule has 1 aromatic heterocycles. The molecule has 0 aliphatic carbocycles. The van der Waals surface area contributed by atoms with Crippen molar-refractivity contribution in [3.63, 3.8) is 0 Å². The van der Waals surface area contributed by atoms with Gasteiger partial charge in [-0.25, -0.2) is 4.79 Å². The largest absolute Gasteiger partial charge is 0.478 e. The Kier molecular flexibility index (Phi) is 6.61. The van der Waals surface area contributed by atoms with Crippen LogP contribution in [0.5, 0.6) is 0 Å². The highest BCUT2D eigenvalue weighted by molar-refractivity contribution is 5.96. The lowest BCUT2D eigenvalue weighted by atomic mass is 9.95. The van der Waals surface area contributed by atoms with E-state index in [-0.39, 0.29) is 29.1 Å². The van der Waals surface area contributed by atoms with Gasteiger partial charge in [-0.3, -0.25) is 9.59 Å². The summed E-state index contributed by atoms with van der Waals surface area (Å²) in [6.45, 7) is 5.48. The summed E-state index contributed by atoms with van der Waals surface area (Å²) in [6.07, 6.45) is 3.63. The molecule has 1 aliphatic rings. The molecule has 0 bridgehead atoms. The monoisotopic (exact) mass is 350 g/mol. The molecule has 0 aromatic carbocycles. The quantitative estimate of drug-likeness (QED) is 0.735. The van der Waals surface area contributed by atoms with Gasteiger partial charge in [0.15, 0.2) is 5.76 Å². The minimum Gasteiger partial charge on any atom is -0.478 e. The predicted octanol–water partition coefficient (Wildman–Crippen LogP) is 2.31. The number of carbonyl (C=O) groups is 3. The molecular formula is C18H26N2O5. The Morgan fingerprint density at radius 3 is 2.48 bits per heavy atom. The zero-order chi connectivity index (χ0) is 18.4. The summed E-state index contributed by atoms with van der Waals surface area (Å²) in [7, 11) is 0. The number of carboxylic acids is 1. The second-order valence-corrected chi connectivity index (χ2v) is 6.32. The van der Waals surface area contributed by atoms with Crippen LogP contribution in [0, 0.1) is 5.92 Å². The van der Waals surface area contributed by atoms with Gasteiger partial charge in [0.2, 0.25) is 5.91 Å². The first-order valence-corrected chi connectivity index (χ1v) is 8.90. The Morgan fingerprint density at radius 2 is 1.96 bits per heavy atom. The number of furan rings is 1. The van der Waals surface area contributed by atoms with Gasteiger partial charge in [0.25, 0.3) is 5.91 Å². The van der Waals surface area contributed by atoms with Crippen LogP contribution >= 0.6 is 0 Å². The topological polar surface area (TPSA) is 99.9 Å². The summed E-state index contributed by atoms with van der Waals surface area (Å²) in [6, 6.07) is 1.30. The fourth-order valence-electron chi connectivity index (χ4n) is 3.01. The van der Waals surface area contributed by atoms with Crippen molar-refractivity contribution >= 4 is 17.8 Å². The first kappa shape index (κ1) is 19.0. The van der Waals surface area contributed by atoms with E-state index in [9.17, 15) is 14.4 Å². The average Bonchev–Trinajstić information content (AvgIpc) is 3.06. The average molecular weight is 350 g/mol. The van der Waals surface area contributed by atoms with Gasteiger partial charge in [0.05, 0.1) is 0 Å². The lowest BCUT2D eigenvalue weighted by Crippen LogP contribution is -2.43. The molecule has 1 aromatic rings. The van der Waals surface area contributed by atoms with Crippen LogP contribution in [0.15, 0.2) is 10.5 Å². The number of likely N-dealkylation sites (tertiary alicyclic amines) is 1. The highest BCUT2D eigenvalue weighted by atomic mass is 16.4. The number of amides is 2. The Hall–Kier alpha value is -2.31. The van der Waals surface area contributed by atoms with E-state index in [2.05, 4.69) is 12.2 Å². The van der Waals surface area contributed by atoms with Crippen molar-refractivity contribution in [2.45, 2.75) is 46.0 Å². The number of hydrogen-bond acceptors (Lipinski definition) is 4. The van der Waals surface area contributed by atoms with Gasteiger partial charge in [-0.1, -0.05) is 20.3 Å². The van der Waals surface area contributed by atoms with Gasteiger partial charge in [0, 0.05) is 38.0 Å². The molecule has 0 atom stereocenters. The number of aryl methyl sites for hydroxylation is 1. The summed E-state index contributed by atoms with van der Waals surface area (Å²) in [5, 5.41) is 12.1. The summed E-state index contributed by atoms with van der Waals surface area (Å²) in [5.74, 6) is -1.06. The van der Waals surface area contributed by atoms with Crippen LogP contribution in [-0.4, -0.2) is 47.4 Å². The lowest BCUT2D eigenvalue weighted by Gasteiger charge is -2.30. The van der Waals surface area contributed by atoms with Gasteiger partial charge in [-0.05, 0) is 19.3 Å². The lowest BCUT2D eigenvalue weighted by molar-refractivity contribution is -0.126. The zero-order valence-corrected chi connectivity index (χ0v) is 14.8. The number of piperidine rings is 1. The SMILES string of the molecule is CCCCNC(=O)C1CCN(C(=O)c2cc(C(=O)O)c(CC)o2)CC1. The van der Waals surface area contributed by atoms with Gasteiger partial charge < -0.3 is 19.7 Å². The van der Waals surface area contributed by atoms with Crippen molar-refractivity contribution in [1.29, 1.82) is 0 Å². The van der Waals surface area contributed by atoms with Gasteiger partial charge in [-0.2, -0.15) is 0 Å². The van der Waals surface area contributed by atoms with Crippen LogP contribution in [0.4, 0.5) is 0 Å². The summed E-state index contributed by atoms with van der Waals surface area (Å²) in [5.41, 5.74) is 0.0380. The van der Waals surface area contributed by atoms with Crippen molar-refractivity contribution in [3.05, 3.63) is 23.2 Å². The van der Waals surface area contributed by atoms with E-state index in [4.69, 9.17) is 9.52 Å². The zero-order valence-electron chi connectivity index (χ0n) is 14.8. The second-order valence-electron chi connectivity index (χ2n) is 6.32. The smallest absolute Gasteiger partial charge is 0.339 e. The maximum absolute atomic E-state index is 12.5. The number of aromatic carboxylic acids is 1. The Morgan fingerprint density at radius 1 is 1.28 bits per heavy atom. The molecule has 2 N–H and O–H groups in total. The number of nitrogens with one attached hydrogen (secondary N) is 1. The van der Waals surface area contributed by atoms with Crippen LogP contribution in [0.2, 0.25) is 0 Å². The fraction of sp³-hybridized carbons (Fsp3) is 0.611. The molecule has 2 amide bonds. The predicted molar refractivity (Wildman–Crippen MR) is 91.6 cm³/mol. The molecule has 1 saturated heterocycles. The first-order valence-electron chi connectivity index (χ1n) is 8.90. The summed E-state index contributed by atoms with van der Waals surface area (Å²) in [4.78, 5) is 37.4. The molecule has 1 aliphatic heterocycles. The molecule has 2 heterocycles. The molecule has 0 radical (unpaired) electrons. The Bertz CT molecular complexity index is 629. The number of carboxylic acid groups (broad SMARTS) is 1. The van der Waals surface area contributed by atoms with Crippen molar-refractivity contribution in [3.8, 4) is 0 Å². The molecule has 0 saturated carbocycles. The number of carbonyl (C=O) groups excluding carboxylic acids is 2. The van der Waals surface area contributed by atoms with E-state index in [0.717, 1.165) is 12.8 Å². The van der Waals surface area contributed by atoms with Crippen molar-refractivity contribution in [1.82, 2.24) is 10.2 Å². The maximum Gasteiger partial charge on any atom is 0.339 e. The third kappa shape index (κ3) is 4.61. The van der Waals surface area contributed by atoms with Gasteiger partial charge in [-0.15, -0.1) is 0 Å². The molecule has 138 valence electrons. The van der Waals surface area contributed by atoms with Crippen molar-refractivity contribution in [2.75, 3.05) is 19.6 Å². The Balaban J connectivity index is 1.93. The summed E-state index contributed by atoms with van der Waals surface area (Å²) < 4.78 is 5.43. The second kappa shape index (κ2) is 8.69. The van der Waals surface area contributed by atoms with E-state index < -0.39 is 5.97 Å². The van der Waals surface area contributed by atoms with Crippen LogP contribution in [-0.2, 0) is 11.2 Å². The van der Waals surface area contributed by atoms with Crippen molar-refractivity contribution < 1.29 is 23.9 Å². The van der Waals surface area contributed by atoms with E-state index in [1.165, 1.54) is 6.07 Å². The highest BCUT2D eigenvalue weighted by Gasteiger charge is 2.30. The van der Waals surface area contributed by atoms with E-state index in [1.807, 2.05) is 0 Å². The third-order valence-electron chi connectivity index (χ3n) is 4.55. The molecule has 2 rings (SSSR count). The number of unbranched alkanes of at least 4 members (excludes halogenated alkanes) is 1. The molecular weight excluding hydrogens is 324 g/mol. The van der Waals surface area contributed by atoms with Gasteiger partial charge >= 0.3 is 5.97 Å². The maximum atomic E-state index is 12.5. The Labute approximate surface area is 147 Å². The van der Waals surface area contributed by atoms with Crippen LogP contribution < -0.4 is 5.32 Å². The molecule has 25 heavy (non-hydrogen) atoms. The molecule has 1 fully saturated rings. The normalized spacial score (nSPS) is 15.2. The highest BCUT2D eigenvalue weighted by Crippen LogP contribution is 2.22. The van der Waals surface area contributed by atoms with E-state index in [1.54, 1.807) is 11.8 Å². The first-order chi connectivity index (χ1) is 12.0. The number of nitrogens with zero attached hydrogens (tertiary/aromatic N) is 1. The number of hydrogen-bond donors (Lipinski definition) is 2. The number of rotatable bonds is 7. The molecule has 0 unspecified atom stereocenters. The standard InChI is InChI=1S/C18H26N2O5/c1-3-5-8-19-16(21)12-6-9-20(10-7-12)17(22)15-11-13(18(23)24)14(4-2)25-15/h11-12H,3-10H2,1-2H3,(H,19,21)(H,23,24). The molecule has 0 spiro atoms. The third-order valence-corrected chi connectivity index (χ3v) is 4.55. The van der Waals surface area contributed by atoms with Crippen LogP contribution in [0.1, 0.15) is 66.2 Å². The van der Waals surface area contributed by atoms with Crippen molar-refractivity contribution in [2.24, 2.45) is 5.92 Å². The van der Waals surface area contributed by atoms with E-state index in [0.29, 0.717) is 44.7 Å². The minimum absolute atomic E-state index is 0.0380.